The second kappa shape index (κ2) is 5.79. The van der Waals surface area contributed by atoms with E-state index in [1.54, 1.807) is 0 Å². The highest BCUT2D eigenvalue weighted by Gasteiger charge is 2.32. The molecule has 2 aliphatic heterocycles. The molecule has 0 bridgehead atoms. The van der Waals surface area contributed by atoms with Gasteiger partial charge in [-0.15, -0.1) is 5.10 Å². The van der Waals surface area contributed by atoms with Crippen molar-refractivity contribution < 1.29 is 4.79 Å². The van der Waals surface area contributed by atoms with Crippen molar-refractivity contribution in [2.45, 2.75) is 32.7 Å². The maximum Gasteiger partial charge on any atom is 0.317 e. The molecule has 0 saturated carbocycles. The van der Waals surface area contributed by atoms with Gasteiger partial charge in [-0.05, 0) is 32.3 Å². The predicted molar refractivity (Wildman–Crippen MR) is 81.6 cm³/mol. The lowest BCUT2D eigenvalue weighted by Crippen LogP contribution is -2.49. The minimum absolute atomic E-state index is 0.0125. The Labute approximate surface area is 129 Å². The monoisotopic (exact) mass is 300 g/mol. The second-order valence-corrected chi connectivity index (χ2v) is 5.89. The molecule has 2 fully saturated rings. The van der Waals surface area contributed by atoms with Crippen LogP contribution in [0.5, 0.6) is 0 Å². The van der Waals surface area contributed by atoms with Crippen molar-refractivity contribution in [1.29, 1.82) is 5.26 Å². The van der Waals surface area contributed by atoms with Crippen LogP contribution in [0.15, 0.2) is 0 Å². The predicted octanol–water partition coefficient (Wildman–Crippen LogP) is 0.959. The summed E-state index contributed by atoms with van der Waals surface area (Å²) < 4.78 is 0. The zero-order chi connectivity index (χ0) is 15.7. The van der Waals surface area contributed by atoms with E-state index in [9.17, 15) is 10.1 Å². The number of nitriles is 1. The van der Waals surface area contributed by atoms with Crippen molar-refractivity contribution in [2.75, 3.05) is 31.1 Å². The molecule has 1 aromatic heterocycles. The van der Waals surface area contributed by atoms with E-state index in [0.717, 1.165) is 37.2 Å². The molecule has 1 aromatic rings. The lowest BCUT2D eigenvalue weighted by molar-refractivity contribution is 0.189. The number of nitrogens with one attached hydrogen (secondary N) is 1. The van der Waals surface area contributed by atoms with Crippen LogP contribution in [0.3, 0.4) is 0 Å². The van der Waals surface area contributed by atoms with Crippen molar-refractivity contribution in [3.63, 3.8) is 0 Å². The van der Waals surface area contributed by atoms with Crippen molar-refractivity contribution >= 4 is 11.8 Å². The van der Waals surface area contributed by atoms with E-state index in [-0.39, 0.29) is 12.1 Å². The molecule has 3 heterocycles. The molecule has 2 saturated heterocycles. The molecule has 2 amide bonds. The summed E-state index contributed by atoms with van der Waals surface area (Å²) in [7, 11) is 0. The number of anilines is 1. The standard InChI is InChI=1S/C15H20N6O/c1-10-11(2)18-19-14(13(10)8-16)20-6-3-4-12(9-20)21-7-5-17-15(21)22/h12H,3-7,9H2,1-2H3,(H,17,22)/t12-/m0/s1. The van der Waals surface area contributed by atoms with E-state index in [0.29, 0.717) is 24.5 Å². The van der Waals surface area contributed by atoms with Gasteiger partial charge >= 0.3 is 6.03 Å². The van der Waals surface area contributed by atoms with E-state index in [1.807, 2.05) is 18.7 Å². The lowest BCUT2D eigenvalue weighted by Gasteiger charge is -2.37. The number of nitrogens with zero attached hydrogens (tertiary/aromatic N) is 5. The zero-order valence-electron chi connectivity index (χ0n) is 13.0. The fraction of sp³-hybridized carbons (Fsp3) is 0.600. The Morgan fingerprint density at radius 2 is 2.14 bits per heavy atom. The molecule has 0 unspecified atom stereocenters. The minimum atomic E-state index is 0.0125. The first kappa shape index (κ1) is 14.6. The van der Waals surface area contributed by atoms with Crippen LogP contribution in [-0.2, 0) is 0 Å². The van der Waals surface area contributed by atoms with Crippen LogP contribution >= 0.6 is 0 Å². The molecule has 1 N–H and O–H groups in total. The van der Waals surface area contributed by atoms with Crippen LogP contribution in [0.2, 0.25) is 0 Å². The summed E-state index contributed by atoms with van der Waals surface area (Å²) in [5.74, 6) is 0.648. The zero-order valence-corrected chi connectivity index (χ0v) is 13.0. The van der Waals surface area contributed by atoms with Crippen LogP contribution in [0.4, 0.5) is 10.6 Å². The Hall–Kier alpha value is -2.36. The molecule has 116 valence electrons. The number of piperidine rings is 1. The van der Waals surface area contributed by atoms with Gasteiger partial charge in [0.2, 0.25) is 0 Å². The largest absolute Gasteiger partial charge is 0.352 e. The summed E-state index contributed by atoms with van der Waals surface area (Å²) in [5.41, 5.74) is 2.26. The van der Waals surface area contributed by atoms with E-state index in [4.69, 9.17) is 0 Å². The first-order valence-corrected chi connectivity index (χ1v) is 7.65. The summed E-state index contributed by atoms with van der Waals surface area (Å²) >= 11 is 0. The SMILES string of the molecule is Cc1nnc(N2CCC[C@H](N3CCNC3=O)C2)c(C#N)c1C. The average molecular weight is 300 g/mol. The quantitative estimate of drug-likeness (QED) is 0.879. The Balaban J connectivity index is 1.85. The summed E-state index contributed by atoms with van der Waals surface area (Å²) in [4.78, 5) is 15.8. The van der Waals surface area contributed by atoms with Gasteiger partial charge in [0, 0.05) is 26.2 Å². The van der Waals surface area contributed by atoms with Crippen molar-refractivity contribution in [3.05, 3.63) is 16.8 Å². The molecule has 0 aliphatic carbocycles. The molecule has 0 aromatic carbocycles. The summed E-state index contributed by atoms with van der Waals surface area (Å²) in [6.45, 7) is 6.78. The number of hydrogen-bond donors (Lipinski definition) is 1. The number of aromatic nitrogens is 2. The van der Waals surface area contributed by atoms with Gasteiger partial charge in [-0.2, -0.15) is 10.4 Å². The van der Waals surface area contributed by atoms with Gasteiger partial charge in [0.05, 0.1) is 11.7 Å². The van der Waals surface area contributed by atoms with Crippen molar-refractivity contribution in [1.82, 2.24) is 20.4 Å². The van der Waals surface area contributed by atoms with Gasteiger partial charge in [0.15, 0.2) is 5.82 Å². The first-order chi connectivity index (χ1) is 10.6. The third kappa shape index (κ3) is 2.45. The van der Waals surface area contributed by atoms with E-state index in [2.05, 4.69) is 26.5 Å². The van der Waals surface area contributed by atoms with Gasteiger partial charge in [-0.3, -0.25) is 0 Å². The van der Waals surface area contributed by atoms with Gasteiger partial charge in [-0.1, -0.05) is 0 Å². The Morgan fingerprint density at radius 3 is 2.82 bits per heavy atom. The van der Waals surface area contributed by atoms with E-state index in [1.165, 1.54) is 0 Å². The molecule has 0 spiro atoms. The highest BCUT2D eigenvalue weighted by Crippen LogP contribution is 2.26. The average Bonchev–Trinajstić information content (AvgIpc) is 2.96. The summed E-state index contributed by atoms with van der Waals surface area (Å²) in [5, 5.41) is 20.7. The molecule has 7 heteroatoms. The van der Waals surface area contributed by atoms with Crippen LogP contribution in [0, 0.1) is 25.2 Å². The van der Waals surface area contributed by atoms with Crippen LogP contribution in [-0.4, -0.2) is 53.3 Å². The normalized spacial score (nSPS) is 21.7. The van der Waals surface area contributed by atoms with Crippen LogP contribution in [0.25, 0.3) is 0 Å². The minimum Gasteiger partial charge on any atom is -0.352 e. The number of carbonyl (C=O) groups is 1. The number of aryl methyl sites for hydroxylation is 1. The molecule has 7 nitrogen and oxygen atoms in total. The second-order valence-electron chi connectivity index (χ2n) is 5.89. The van der Waals surface area contributed by atoms with Crippen LogP contribution in [0.1, 0.15) is 29.7 Å². The molecular formula is C15H20N6O. The molecule has 22 heavy (non-hydrogen) atoms. The number of carbonyl (C=O) groups excluding carboxylic acids is 1. The Kier molecular flexibility index (Phi) is 3.84. The van der Waals surface area contributed by atoms with Gasteiger partial charge < -0.3 is 15.1 Å². The van der Waals surface area contributed by atoms with Gasteiger partial charge in [0.25, 0.3) is 0 Å². The molecule has 0 radical (unpaired) electrons. The fourth-order valence-corrected chi connectivity index (χ4v) is 3.19. The molecular weight excluding hydrogens is 280 g/mol. The third-order valence-corrected chi connectivity index (χ3v) is 4.57. The summed E-state index contributed by atoms with van der Waals surface area (Å²) in [6.07, 6.45) is 1.97. The number of amides is 2. The third-order valence-electron chi connectivity index (χ3n) is 4.57. The molecule has 2 aliphatic rings. The van der Waals surface area contributed by atoms with Crippen molar-refractivity contribution in [2.24, 2.45) is 0 Å². The highest BCUT2D eigenvalue weighted by molar-refractivity contribution is 5.76. The maximum atomic E-state index is 11.9. The number of urea groups is 1. The first-order valence-electron chi connectivity index (χ1n) is 7.65. The highest BCUT2D eigenvalue weighted by atomic mass is 16.2. The van der Waals surface area contributed by atoms with E-state index < -0.39 is 0 Å². The number of rotatable bonds is 2. The number of hydrogen-bond acceptors (Lipinski definition) is 5. The van der Waals surface area contributed by atoms with Gasteiger partial charge in [0.1, 0.15) is 11.6 Å². The Morgan fingerprint density at radius 1 is 1.32 bits per heavy atom. The fourth-order valence-electron chi connectivity index (χ4n) is 3.19. The molecule has 3 rings (SSSR count). The van der Waals surface area contributed by atoms with E-state index >= 15 is 0 Å². The topological polar surface area (TPSA) is 85.2 Å². The van der Waals surface area contributed by atoms with Gasteiger partial charge in [-0.25, -0.2) is 4.79 Å². The lowest BCUT2D eigenvalue weighted by atomic mass is 10.0. The maximum absolute atomic E-state index is 11.9. The summed E-state index contributed by atoms with van der Waals surface area (Å²) in [6, 6.07) is 2.44. The Bertz CT molecular complexity index is 638. The van der Waals surface area contributed by atoms with Crippen molar-refractivity contribution in [3.8, 4) is 6.07 Å². The molecule has 1 atom stereocenters. The smallest absolute Gasteiger partial charge is 0.317 e. The van der Waals surface area contributed by atoms with Crippen LogP contribution < -0.4 is 10.2 Å².